The van der Waals surface area contributed by atoms with Crippen molar-refractivity contribution >= 4 is 11.7 Å². The molecule has 0 radical (unpaired) electrons. The van der Waals surface area contributed by atoms with Gasteiger partial charge in [0.05, 0.1) is 0 Å². The molecular formula is C21H33NO2. The van der Waals surface area contributed by atoms with Gasteiger partial charge in [-0.15, -0.1) is 0 Å². The van der Waals surface area contributed by atoms with Crippen LogP contribution >= 0.6 is 0 Å². The lowest BCUT2D eigenvalue weighted by Crippen LogP contribution is -2.55. The maximum absolute atomic E-state index is 12.0. The Hall–Kier alpha value is -0.860. The van der Waals surface area contributed by atoms with E-state index in [0.29, 0.717) is 28.6 Å². The summed E-state index contributed by atoms with van der Waals surface area (Å²) in [5, 5.41) is 3.26. The van der Waals surface area contributed by atoms with Gasteiger partial charge >= 0.3 is 0 Å². The first-order chi connectivity index (χ1) is 11.3. The summed E-state index contributed by atoms with van der Waals surface area (Å²) in [6, 6.07) is 0.374. The van der Waals surface area contributed by atoms with E-state index in [1.807, 2.05) is 0 Å². The van der Waals surface area contributed by atoms with Gasteiger partial charge in [0.25, 0.3) is 0 Å². The minimum absolute atomic E-state index is 0.130. The van der Waals surface area contributed by atoms with Crippen molar-refractivity contribution in [3.8, 4) is 0 Å². The van der Waals surface area contributed by atoms with Gasteiger partial charge in [0.2, 0.25) is 5.91 Å². The van der Waals surface area contributed by atoms with Crippen molar-refractivity contribution in [2.24, 2.45) is 34.5 Å². The van der Waals surface area contributed by atoms with Crippen LogP contribution in [-0.2, 0) is 9.59 Å². The molecule has 0 aromatic carbocycles. The van der Waals surface area contributed by atoms with Gasteiger partial charge < -0.3 is 5.32 Å². The fourth-order valence-electron chi connectivity index (χ4n) is 7.53. The first-order valence-corrected chi connectivity index (χ1v) is 10.1. The van der Waals surface area contributed by atoms with Crippen molar-refractivity contribution in [3.63, 3.8) is 0 Å². The molecule has 0 aromatic heterocycles. The van der Waals surface area contributed by atoms with E-state index < -0.39 is 0 Å². The second-order valence-corrected chi connectivity index (χ2v) is 9.77. The highest BCUT2D eigenvalue weighted by atomic mass is 16.1. The molecule has 3 heteroatoms. The fraction of sp³-hybridized carbons (Fsp3) is 0.905. The summed E-state index contributed by atoms with van der Waals surface area (Å²) in [6.07, 6.45) is 10.3. The Bertz CT molecular complexity index is 558. The monoisotopic (exact) mass is 331 g/mol. The molecule has 4 aliphatic carbocycles. The molecule has 24 heavy (non-hydrogen) atoms. The SMILES string of the molecule is CC(=O)NC1CC[C@H]2[C@@H]3CC[C@H]4CC(=O)CC[C@]4(C)[C@H]3CC[C@]12C. The molecule has 4 fully saturated rings. The van der Waals surface area contributed by atoms with Gasteiger partial charge in [-0.25, -0.2) is 0 Å². The molecule has 0 aromatic rings. The van der Waals surface area contributed by atoms with Crippen LogP contribution in [0.15, 0.2) is 0 Å². The van der Waals surface area contributed by atoms with Crippen LogP contribution in [-0.4, -0.2) is 17.7 Å². The molecule has 0 bridgehead atoms. The molecule has 7 atom stereocenters. The van der Waals surface area contributed by atoms with E-state index in [1.165, 1.54) is 32.1 Å². The highest BCUT2D eigenvalue weighted by Crippen LogP contribution is 2.65. The molecule has 4 saturated carbocycles. The number of amides is 1. The van der Waals surface area contributed by atoms with Crippen LogP contribution < -0.4 is 5.32 Å². The van der Waals surface area contributed by atoms with Gasteiger partial charge in [0.15, 0.2) is 0 Å². The van der Waals surface area contributed by atoms with E-state index in [0.717, 1.165) is 43.4 Å². The van der Waals surface area contributed by atoms with Crippen LogP contribution in [0.5, 0.6) is 0 Å². The highest BCUT2D eigenvalue weighted by molar-refractivity contribution is 5.79. The number of ketones is 1. The maximum Gasteiger partial charge on any atom is 0.217 e. The molecule has 134 valence electrons. The van der Waals surface area contributed by atoms with E-state index in [-0.39, 0.29) is 5.91 Å². The minimum atomic E-state index is 0.130. The Morgan fingerprint density at radius 3 is 2.50 bits per heavy atom. The molecule has 1 unspecified atom stereocenters. The standard InChI is InChI=1S/C21H33NO2/c1-13(23)22-19-7-6-17-16-5-4-14-12-15(24)8-10-20(14,2)18(16)9-11-21(17,19)3/h14,16-19H,4-12H2,1-3H3,(H,22,23)/t14-,16-,17-,18-,19?,20-,21-/m0/s1. The minimum Gasteiger partial charge on any atom is -0.353 e. The lowest BCUT2D eigenvalue weighted by Gasteiger charge is -2.60. The predicted octanol–water partition coefficient (Wildman–Crippen LogP) is 4.10. The topological polar surface area (TPSA) is 46.2 Å². The molecule has 0 heterocycles. The first kappa shape index (κ1) is 16.6. The zero-order valence-electron chi connectivity index (χ0n) is 15.6. The summed E-state index contributed by atoms with van der Waals surface area (Å²) in [5.74, 6) is 3.66. The van der Waals surface area contributed by atoms with E-state index in [9.17, 15) is 9.59 Å². The van der Waals surface area contributed by atoms with Crippen molar-refractivity contribution in [1.29, 1.82) is 0 Å². The highest BCUT2D eigenvalue weighted by Gasteiger charge is 2.60. The molecule has 0 saturated heterocycles. The van der Waals surface area contributed by atoms with Crippen molar-refractivity contribution in [2.75, 3.05) is 0 Å². The second-order valence-electron chi connectivity index (χ2n) is 9.77. The lowest BCUT2D eigenvalue weighted by molar-refractivity contribution is -0.139. The van der Waals surface area contributed by atoms with Crippen LogP contribution in [0, 0.1) is 34.5 Å². The summed E-state index contributed by atoms with van der Waals surface area (Å²) in [5.41, 5.74) is 0.685. The first-order valence-electron chi connectivity index (χ1n) is 10.1. The number of hydrogen-bond acceptors (Lipinski definition) is 2. The zero-order valence-corrected chi connectivity index (χ0v) is 15.6. The number of hydrogen-bond donors (Lipinski definition) is 1. The van der Waals surface area contributed by atoms with Crippen LogP contribution in [0.1, 0.15) is 78.6 Å². The van der Waals surface area contributed by atoms with E-state index >= 15 is 0 Å². The quantitative estimate of drug-likeness (QED) is 0.786. The Morgan fingerprint density at radius 1 is 1.00 bits per heavy atom. The molecule has 1 N–H and O–H groups in total. The van der Waals surface area contributed by atoms with Crippen molar-refractivity contribution < 1.29 is 9.59 Å². The summed E-state index contributed by atoms with van der Waals surface area (Å²) >= 11 is 0. The normalized spacial score (nSPS) is 50.6. The summed E-state index contributed by atoms with van der Waals surface area (Å²) in [6.45, 7) is 6.61. The van der Waals surface area contributed by atoms with E-state index in [4.69, 9.17) is 0 Å². The number of fused-ring (bicyclic) bond motifs is 5. The van der Waals surface area contributed by atoms with Crippen LogP contribution in [0.25, 0.3) is 0 Å². The number of carbonyl (C=O) groups excluding carboxylic acids is 2. The van der Waals surface area contributed by atoms with Gasteiger partial charge in [0, 0.05) is 25.8 Å². The fourth-order valence-corrected chi connectivity index (χ4v) is 7.53. The number of Topliss-reactive ketones (excluding diaryl/α,β-unsaturated/α-hetero) is 1. The maximum atomic E-state index is 12.0. The molecule has 3 nitrogen and oxygen atoms in total. The molecular weight excluding hydrogens is 298 g/mol. The summed E-state index contributed by atoms with van der Waals surface area (Å²) < 4.78 is 0. The van der Waals surface area contributed by atoms with Crippen molar-refractivity contribution in [2.45, 2.75) is 84.6 Å². The zero-order chi connectivity index (χ0) is 17.1. The Kier molecular flexibility index (Phi) is 3.85. The third-order valence-electron chi connectivity index (χ3n) is 8.86. The smallest absolute Gasteiger partial charge is 0.217 e. The summed E-state index contributed by atoms with van der Waals surface area (Å²) in [7, 11) is 0. The Morgan fingerprint density at radius 2 is 1.75 bits per heavy atom. The van der Waals surface area contributed by atoms with Gasteiger partial charge in [-0.1, -0.05) is 13.8 Å². The van der Waals surface area contributed by atoms with Crippen molar-refractivity contribution in [1.82, 2.24) is 5.32 Å². The van der Waals surface area contributed by atoms with Gasteiger partial charge in [-0.2, -0.15) is 0 Å². The average molecular weight is 332 g/mol. The molecule has 4 rings (SSSR count). The Balaban J connectivity index is 1.58. The number of rotatable bonds is 1. The number of carbonyl (C=O) groups is 2. The van der Waals surface area contributed by atoms with E-state index in [2.05, 4.69) is 19.2 Å². The predicted molar refractivity (Wildman–Crippen MR) is 94.3 cm³/mol. The molecule has 1 amide bonds. The summed E-state index contributed by atoms with van der Waals surface area (Å²) in [4.78, 5) is 23.6. The Labute approximate surface area is 146 Å². The third kappa shape index (κ3) is 2.29. The van der Waals surface area contributed by atoms with E-state index in [1.54, 1.807) is 6.92 Å². The van der Waals surface area contributed by atoms with Crippen LogP contribution in [0.4, 0.5) is 0 Å². The van der Waals surface area contributed by atoms with Gasteiger partial charge in [0.1, 0.15) is 5.78 Å². The average Bonchev–Trinajstić information content (AvgIpc) is 2.84. The largest absolute Gasteiger partial charge is 0.353 e. The van der Waals surface area contributed by atoms with Crippen LogP contribution in [0.3, 0.4) is 0 Å². The molecule has 4 aliphatic rings. The van der Waals surface area contributed by atoms with Crippen molar-refractivity contribution in [3.05, 3.63) is 0 Å². The molecule has 0 spiro atoms. The van der Waals surface area contributed by atoms with Crippen LogP contribution in [0.2, 0.25) is 0 Å². The second kappa shape index (κ2) is 5.57. The number of nitrogens with one attached hydrogen (secondary N) is 1. The van der Waals surface area contributed by atoms with Gasteiger partial charge in [-0.3, -0.25) is 9.59 Å². The molecule has 0 aliphatic heterocycles. The third-order valence-corrected chi connectivity index (χ3v) is 8.86. The van der Waals surface area contributed by atoms with Gasteiger partial charge in [-0.05, 0) is 79.4 Å². The lowest BCUT2D eigenvalue weighted by atomic mass is 9.45.